The van der Waals surface area contributed by atoms with Crippen LogP contribution < -0.4 is 5.32 Å². The first-order valence-corrected chi connectivity index (χ1v) is 8.10. The van der Waals surface area contributed by atoms with Gasteiger partial charge in [-0.2, -0.15) is 0 Å². The fraction of sp³-hybridized carbons (Fsp3) is 0.750. The molecular weight excluding hydrogens is 268 g/mol. The molecule has 1 heterocycles. The molecule has 1 aliphatic heterocycles. The third-order valence-electron chi connectivity index (χ3n) is 4.44. The molecule has 118 valence electrons. The van der Waals surface area contributed by atoms with E-state index in [0.717, 1.165) is 51.5 Å². The van der Waals surface area contributed by atoms with Crippen LogP contribution in [-0.2, 0) is 4.79 Å². The van der Waals surface area contributed by atoms with E-state index in [1.165, 1.54) is 0 Å². The molecule has 0 spiro atoms. The van der Waals surface area contributed by atoms with Crippen LogP contribution in [0, 0.1) is 0 Å². The molecule has 1 atom stereocenters. The molecule has 1 aliphatic carbocycles. The summed E-state index contributed by atoms with van der Waals surface area (Å²) >= 11 is 0. The molecule has 0 aromatic rings. The van der Waals surface area contributed by atoms with Gasteiger partial charge in [0.2, 0.25) is 0 Å². The van der Waals surface area contributed by atoms with E-state index in [2.05, 4.69) is 17.5 Å². The van der Waals surface area contributed by atoms with Gasteiger partial charge >= 0.3 is 12.0 Å². The normalized spacial score (nSPS) is 23.6. The summed E-state index contributed by atoms with van der Waals surface area (Å²) in [4.78, 5) is 25.1. The summed E-state index contributed by atoms with van der Waals surface area (Å²) in [6.45, 7) is 0.751. The van der Waals surface area contributed by atoms with E-state index in [4.69, 9.17) is 5.11 Å². The molecule has 5 heteroatoms. The van der Waals surface area contributed by atoms with Gasteiger partial charge in [0.05, 0.1) is 0 Å². The second kappa shape index (κ2) is 8.05. The lowest BCUT2D eigenvalue weighted by molar-refractivity contribution is -0.137. The van der Waals surface area contributed by atoms with Crippen molar-refractivity contribution in [2.75, 3.05) is 6.54 Å². The molecule has 21 heavy (non-hydrogen) atoms. The minimum atomic E-state index is -0.782. The van der Waals surface area contributed by atoms with E-state index in [1.807, 2.05) is 4.90 Å². The standard InChI is InChI=1S/C16H26N2O3/c19-15(20)11-10-14-9-5-6-12-18(14)16(21)17-13-7-3-1-2-4-8-13/h1-2,13-14H,3-12H2,(H,17,21)(H,19,20). The van der Waals surface area contributed by atoms with E-state index in [-0.39, 0.29) is 24.5 Å². The highest BCUT2D eigenvalue weighted by Crippen LogP contribution is 2.21. The van der Waals surface area contributed by atoms with Crippen LogP contribution in [0.4, 0.5) is 4.79 Å². The van der Waals surface area contributed by atoms with Crippen LogP contribution in [0.15, 0.2) is 12.2 Å². The summed E-state index contributed by atoms with van der Waals surface area (Å²) in [5.41, 5.74) is 0. The Morgan fingerprint density at radius 1 is 1.14 bits per heavy atom. The van der Waals surface area contributed by atoms with Crippen LogP contribution in [0.25, 0.3) is 0 Å². The average Bonchev–Trinajstić information content (AvgIpc) is 2.74. The lowest BCUT2D eigenvalue weighted by Gasteiger charge is -2.36. The molecule has 0 aromatic heterocycles. The number of rotatable bonds is 4. The zero-order valence-electron chi connectivity index (χ0n) is 12.6. The number of urea groups is 1. The molecular formula is C16H26N2O3. The molecule has 2 amide bonds. The number of amides is 2. The summed E-state index contributed by atoms with van der Waals surface area (Å²) in [6.07, 6.45) is 12.1. The Labute approximate surface area is 126 Å². The fourth-order valence-corrected chi connectivity index (χ4v) is 3.23. The highest BCUT2D eigenvalue weighted by Gasteiger charge is 2.28. The molecule has 0 radical (unpaired) electrons. The highest BCUT2D eigenvalue weighted by atomic mass is 16.4. The number of carboxylic acids is 1. The SMILES string of the molecule is O=C(O)CCC1CCCCN1C(=O)NC1CCC=CCC1. The number of piperidine rings is 1. The van der Waals surface area contributed by atoms with Crippen LogP contribution in [0.1, 0.15) is 57.8 Å². The number of likely N-dealkylation sites (tertiary alicyclic amines) is 1. The van der Waals surface area contributed by atoms with Crippen LogP contribution in [0.3, 0.4) is 0 Å². The second-order valence-corrected chi connectivity index (χ2v) is 6.05. The van der Waals surface area contributed by atoms with Gasteiger partial charge in [-0.25, -0.2) is 4.79 Å². The Kier molecular flexibility index (Phi) is 6.08. The predicted molar refractivity (Wildman–Crippen MR) is 81.1 cm³/mol. The number of hydrogen-bond acceptors (Lipinski definition) is 2. The lowest BCUT2D eigenvalue weighted by Crippen LogP contribution is -2.51. The summed E-state index contributed by atoms with van der Waals surface area (Å²) in [6, 6.07) is 0.324. The Morgan fingerprint density at radius 3 is 2.52 bits per heavy atom. The van der Waals surface area contributed by atoms with E-state index < -0.39 is 5.97 Å². The number of hydrogen-bond donors (Lipinski definition) is 2. The van der Waals surface area contributed by atoms with Crippen molar-refractivity contribution in [3.05, 3.63) is 12.2 Å². The van der Waals surface area contributed by atoms with Gasteiger partial charge in [0.1, 0.15) is 0 Å². The molecule has 2 rings (SSSR count). The zero-order chi connectivity index (χ0) is 15.1. The minimum Gasteiger partial charge on any atom is -0.481 e. The van der Waals surface area contributed by atoms with Crippen LogP contribution in [0.5, 0.6) is 0 Å². The number of nitrogens with zero attached hydrogens (tertiary/aromatic N) is 1. The minimum absolute atomic E-state index is 0.00279. The quantitative estimate of drug-likeness (QED) is 0.783. The van der Waals surface area contributed by atoms with Crippen molar-refractivity contribution < 1.29 is 14.7 Å². The predicted octanol–water partition coefficient (Wildman–Crippen LogP) is 2.91. The van der Waals surface area contributed by atoms with Crippen molar-refractivity contribution in [1.82, 2.24) is 10.2 Å². The first-order chi connectivity index (χ1) is 10.2. The third kappa shape index (κ3) is 5.06. The summed E-state index contributed by atoms with van der Waals surface area (Å²) in [5, 5.41) is 12.0. The molecule has 1 unspecified atom stereocenters. The van der Waals surface area contributed by atoms with Gasteiger partial charge in [-0.05, 0) is 51.4 Å². The molecule has 1 saturated heterocycles. The number of carboxylic acid groups (broad SMARTS) is 1. The Bertz CT molecular complexity index is 385. The molecule has 2 aliphatic rings. The smallest absolute Gasteiger partial charge is 0.317 e. The Morgan fingerprint density at radius 2 is 1.86 bits per heavy atom. The largest absolute Gasteiger partial charge is 0.481 e. The van der Waals surface area contributed by atoms with Crippen molar-refractivity contribution >= 4 is 12.0 Å². The Balaban J connectivity index is 1.86. The summed E-state index contributed by atoms with van der Waals surface area (Å²) < 4.78 is 0. The molecule has 0 aromatic carbocycles. The lowest BCUT2D eigenvalue weighted by atomic mass is 9.98. The number of aliphatic carboxylic acids is 1. The van der Waals surface area contributed by atoms with Gasteiger partial charge in [-0.15, -0.1) is 0 Å². The fourth-order valence-electron chi connectivity index (χ4n) is 3.23. The van der Waals surface area contributed by atoms with E-state index in [9.17, 15) is 9.59 Å². The number of carbonyl (C=O) groups is 2. The van der Waals surface area contributed by atoms with Gasteiger partial charge in [-0.1, -0.05) is 12.2 Å². The topological polar surface area (TPSA) is 69.6 Å². The van der Waals surface area contributed by atoms with Crippen LogP contribution >= 0.6 is 0 Å². The first-order valence-electron chi connectivity index (χ1n) is 8.10. The van der Waals surface area contributed by atoms with Gasteiger partial charge < -0.3 is 15.3 Å². The maximum Gasteiger partial charge on any atom is 0.317 e. The molecule has 0 bridgehead atoms. The van der Waals surface area contributed by atoms with Crippen molar-refractivity contribution in [3.63, 3.8) is 0 Å². The van der Waals surface area contributed by atoms with E-state index in [1.54, 1.807) is 0 Å². The molecule has 5 nitrogen and oxygen atoms in total. The summed E-state index contributed by atoms with van der Waals surface area (Å²) in [7, 11) is 0. The van der Waals surface area contributed by atoms with E-state index in [0.29, 0.717) is 6.42 Å². The van der Waals surface area contributed by atoms with Gasteiger partial charge in [0.15, 0.2) is 0 Å². The average molecular weight is 294 g/mol. The molecule has 1 fully saturated rings. The number of nitrogens with one attached hydrogen (secondary N) is 1. The van der Waals surface area contributed by atoms with Crippen LogP contribution in [0.2, 0.25) is 0 Å². The monoisotopic (exact) mass is 294 g/mol. The Hall–Kier alpha value is -1.52. The maximum absolute atomic E-state index is 12.5. The van der Waals surface area contributed by atoms with Crippen molar-refractivity contribution in [2.24, 2.45) is 0 Å². The van der Waals surface area contributed by atoms with Crippen LogP contribution in [-0.4, -0.2) is 40.6 Å². The number of allylic oxidation sites excluding steroid dienone is 2. The zero-order valence-corrected chi connectivity index (χ0v) is 12.6. The second-order valence-electron chi connectivity index (χ2n) is 6.05. The first kappa shape index (κ1) is 15.9. The highest BCUT2D eigenvalue weighted by molar-refractivity contribution is 5.75. The molecule has 0 saturated carbocycles. The van der Waals surface area contributed by atoms with Gasteiger partial charge in [0, 0.05) is 25.0 Å². The molecule has 2 N–H and O–H groups in total. The van der Waals surface area contributed by atoms with E-state index >= 15 is 0 Å². The van der Waals surface area contributed by atoms with Gasteiger partial charge in [0.25, 0.3) is 0 Å². The maximum atomic E-state index is 12.5. The van der Waals surface area contributed by atoms with Crippen molar-refractivity contribution in [3.8, 4) is 0 Å². The number of carbonyl (C=O) groups excluding carboxylic acids is 1. The van der Waals surface area contributed by atoms with Gasteiger partial charge in [-0.3, -0.25) is 4.79 Å². The van der Waals surface area contributed by atoms with Crippen molar-refractivity contribution in [1.29, 1.82) is 0 Å². The third-order valence-corrected chi connectivity index (χ3v) is 4.44. The summed E-state index contributed by atoms with van der Waals surface area (Å²) in [5.74, 6) is -0.782. The van der Waals surface area contributed by atoms with Crippen molar-refractivity contribution in [2.45, 2.75) is 69.9 Å².